The van der Waals surface area contributed by atoms with Crippen molar-refractivity contribution < 1.29 is 4.74 Å². The van der Waals surface area contributed by atoms with Crippen molar-refractivity contribution in [2.24, 2.45) is 0 Å². The van der Waals surface area contributed by atoms with Crippen molar-refractivity contribution in [3.8, 4) is 11.4 Å². The van der Waals surface area contributed by atoms with Gasteiger partial charge in [0.2, 0.25) is 0 Å². The van der Waals surface area contributed by atoms with Gasteiger partial charge in [0, 0.05) is 17.4 Å². The maximum Gasteiger partial charge on any atom is 0.142 e. The fraction of sp³-hybridized carbons (Fsp3) is 0.250. The number of methoxy groups -OCH3 is 1. The normalized spacial score (nSPS) is 10.5. The summed E-state index contributed by atoms with van der Waals surface area (Å²) in [6.07, 6.45) is 3.65. The van der Waals surface area contributed by atoms with Crippen LogP contribution < -0.4 is 10.1 Å². The summed E-state index contributed by atoms with van der Waals surface area (Å²) in [7, 11) is 3.52. The molecule has 0 amide bonds. The molecular weight excluding hydrogens is 238 g/mol. The molecular formula is C12H14ClN3O. The Bertz CT molecular complexity index is 510. The van der Waals surface area contributed by atoms with Gasteiger partial charge < -0.3 is 10.1 Å². The zero-order valence-corrected chi connectivity index (χ0v) is 10.5. The van der Waals surface area contributed by atoms with Gasteiger partial charge in [-0.25, -0.2) is 4.98 Å². The maximum atomic E-state index is 6.02. The van der Waals surface area contributed by atoms with E-state index in [2.05, 4.69) is 10.3 Å². The zero-order chi connectivity index (χ0) is 12.3. The van der Waals surface area contributed by atoms with Crippen LogP contribution in [0, 0.1) is 0 Å². The number of ether oxygens (including phenoxy) is 1. The monoisotopic (exact) mass is 251 g/mol. The minimum atomic E-state index is 0.671. The zero-order valence-electron chi connectivity index (χ0n) is 9.77. The van der Waals surface area contributed by atoms with Crippen molar-refractivity contribution in [1.82, 2.24) is 14.9 Å². The van der Waals surface area contributed by atoms with E-state index in [1.165, 1.54) is 0 Å². The van der Waals surface area contributed by atoms with Crippen molar-refractivity contribution in [1.29, 1.82) is 0 Å². The van der Waals surface area contributed by atoms with Crippen LogP contribution in [0.4, 0.5) is 0 Å². The van der Waals surface area contributed by atoms with E-state index in [9.17, 15) is 0 Å². The van der Waals surface area contributed by atoms with Gasteiger partial charge >= 0.3 is 0 Å². The van der Waals surface area contributed by atoms with Crippen molar-refractivity contribution in [3.05, 3.63) is 41.4 Å². The number of imidazole rings is 1. The Labute approximate surface area is 105 Å². The minimum absolute atomic E-state index is 0.671. The third-order valence-corrected chi connectivity index (χ3v) is 2.69. The van der Waals surface area contributed by atoms with Crippen molar-refractivity contribution in [2.75, 3.05) is 14.2 Å². The summed E-state index contributed by atoms with van der Waals surface area (Å²) in [6.45, 7) is 0.683. The Hall–Kier alpha value is -1.52. The van der Waals surface area contributed by atoms with Gasteiger partial charge in [-0.05, 0) is 25.2 Å². The minimum Gasteiger partial charge on any atom is -0.495 e. The molecule has 0 spiro atoms. The summed E-state index contributed by atoms with van der Waals surface area (Å²) in [4.78, 5) is 4.29. The third-order valence-electron chi connectivity index (χ3n) is 2.45. The van der Waals surface area contributed by atoms with Crippen molar-refractivity contribution in [3.63, 3.8) is 0 Å². The molecule has 0 saturated heterocycles. The lowest BCUT2D eigenvalue weighted by molar-refractivity contribution is 0.412. The summed E-state index contributed by atoms with van der Waals surface area (Å²) in [5.74, 6) is 1.68. The van der Waals surface area contributed by atoms with Crippen LogP contribution in [-0.4, -0.2) is 23.7 Å². The number of nitrogens with zero attached hydrogens (tertiary/aromatic N) is 2. The quantitative estimate of drug-likeness (QED) is 0.906. The molecule has 0 saturated carbocycles. The summed E-state index contributed by atoms with van der Waals surface area (Å²) < 4.78 is 7.29. The molecule has 2 aromatic rings. The summed E-state index contributed by atoms with van der Waals surface area (Å²) in [6, 6.07) is 5.51. The Morgan fingerprint density at radius 3 is 3.00 bits per heavy atom. The van der Waals surface area contributed by atoms with Crippen molar-refractivity contribution >= 4 is 11.6 Å². The topological polar surface area (TPSA) is 39.1 Å². The molecule has 0 aliphatic rings. The molecule has 5 heteroatoms. The van der Waals surface area contributed by atoms with Gasteiger partial charge in [0.25, 0.3) is 0 Å². The first-order chi connectivity index (χ1) is 8.26. The van der Waals surface area contributed by atoms with E-state index in [0.717, 1.165) is 17.3 Å². The highest BCUT2D eigenvalue weighted by Gasteiger charge is 2.09. The van der Waals surface area contributed by atoms with Crippen LogP contribution in [0.2, 0.25) is 5.02 Å². The van der Waals surface area contributed by atoms with Crippen LogP contribution in [0.5, 0.6) is 5.75 Å². The van der Waals surface area contributed by atoms with Gasteiger partial charge in [-0.2, -0.15) is 0 Å². The molecule has 1 heterocycles. The van der Waals surface area contributed by atoms with E-state index in [-0.39, 0.29) is 0 Å². The largest absolute Gasteiger partial charge is 0.495 e. The first kappa shape index (κ1) is 12.0. The molecule has 0 unspecified atom stereocenters. The highest BCUT2D eigenvalue weighted by Crippen LogP contribution is 2.27. The first-order valence-corrected chi connectivity index (χ1v) is 5.65. The van der Waals surface area contributed by atoms with Crippen molar-refractivity contribution in [2.45, 2.75) is 6.54 Å². The van der Waals surface area contributed by atoms with E-state index < -0.39 is 0 Å². The number of hydrogen-bond acceptors (Lipinski definition) is 3. The number of benzene rings is 1. The molecule has 1 N–H and O–H groups in total. The van der Waals surface area contributed by atoms with Gasteiger partial charge in [0.1, 0.15) is 11.6 Å². The summed E-state index contributed by atoms with van der Waals surface area (Å²) in [5, 5.41) is 3.75. The van der Waals surface area contributed by atoms with Crippen LogP contribution in [0.3, 0.4) is 0 Å². The van der Waals surface area contributed by atoms with E-state index in [0.29, 0.717) is 11.6 Å². The Morgan fingerprint density at radius 2 is 2.29 bits per heavy atom. The molecule has 0 atom stereocenters. The van der Waals surface area contributed by atoms with E-state index in [1.807, 2.05) is 29.9 Å². The molecule has 4 nitrogen and oxygen atoms in total. The van der Waals surface area contributed by atoms with Crippen LogP contribution >= 0.6 is 11.6 Å². The number of nitrogens with one attached hydrogen (secondary N) is 1. The molecule has 1 aromatic heterocycles. The number of hydrogen-bond donors (Lipinski definition) is 1. The number of halogens is 1. The van der Waals surface area contributed by atoms with Crippen LogP contribution in [0.1, 0.15) is 5.82 Å². The van der Waals surface area contributed by atoms with Crippen LogP contribution in [-0.2, 0) is 6.54 Å². The van der Waals surface area contributed by atoms with E-state index in [1.54, 1.807) is 19.4 Å². The second-order valence-corrected chi connectivity index (χ2v) is 4.00. The molecule has 0 fully saturated rings. The Kier molecular flexibility index (Phi) is 3.66. The third kappa shape index (κ3) is 2.43. The lowest BCUT2D eigenvalue weighted by Gasteiger charge is -2.12. The molecule has 0 radical (unpaired) electrons. The summed E-state index contributed by atoms with van der Waals surface area (Å²) >= 11 is 6.02. The summed E-state index contributed by atoms with van der Waals surface area (Å²) in [5.41, 5.74) is 0.891. The van der Waals surface area contributed by atoms with Gasteiger partial charge in [-0.3, -0.25) is 4.57 Å². The fourth-order valence-electron chi connectivity index (χ4n) is 1.69. The van der Waals surface area contributed by atoms with Crippen LogP contribution in [0.15, 0.2) is 30.6 Å². The van der Waals surface area contributed by atoms with Gasteiger partial charge in [-0.15, -0.1) is 0 Å². The molecule has 17 heavy (non-hydrogen) atoms. The number of rotatable bonds is 4. The van der Waals surface area contributed by atoms with Gasteiger partial charge in [0.05, 0.1) is 19.3 Å². The lowest BCUT2D eigenvalue weighted by atomic mass is 10.3. The number of aromatic nitrogens is 2. The Morgan fingerprint density at radius 1 is 1.47 bits per heavy atom. The predicted molar refractivity (Wildman–Crippen MR) is 67.9 cm³/mol. The highest BCUT2D eigenvalue weighted by atomic mass is 35.5. The second kappa shape index (κ2) is 5.21. The second-order valence-electron chi connectivity index (χ2n) is 3.56. The van der Waals surface area contributed by atoms with E-state index >= 15 is 0 Å². The average Bonchev–Trinajstić information content (AvgIpc) is 2.77. The molecule has 0 aliphatic carbocycles. The highest BCUT2D eigenvalue weighted by molar-refractivity contribution is 6.30. The molecule has 0 bridgehead atoms. The first-order valence-electron chi connectivity index (χ1n) is 5.27. The van der Waals surface area contributed by atoms with Crippen LogP contribution in [0.25, 0.3) is 5.69 Å². The molecule has 2 rings (SSSR count). The smallest absolute Gasteiger partial charge is 0.142 e. The van der Waals surface area contributed by atoms with E-state index in [4.69, 9.17) is 16.3 Å². The lowest BCUT2D eigenvalue weighted by Crippen LogP contribution is -2.11. The predicted octanol–water partition coefficient (Wildman–Crippen LogP) is 2.25. The fourth-order valence-corrected chi connectivity index (χ4v) is 1.86. The SMILES string of the molecule is CNCc1nccn1-c1cc(Cl)ccc1OC. The Balaban J connectivity index is 2.51. The van der Waals surface area contributed by atoms with Gasteiger partial charge in [-0.1, -0.05) is 11.6 Å². The van der Waals surface area contributed by atoms with Gasteiger partial charge in [0.15, 0.2) is 0 Å². The maximum absolute atomic E-state index is 6.02. The average molecular weight is 252 g/mol. The standard InChI is InChI=1S/C12H14ClN3O/c1-14-8-12-15-5-6-16(12)10-7-9(13)3-4-11(10)17-2/h3-7,14H,8H2,1-2H3. The molecule has 0 aliphatic heterocycles. The molecule has 1 aromatic carbocycles. The molecule has 90 valence electrons.